The van der Waals surface area contributed by atoms with Gasteiger partial charge in [-0.1, -0.05) is 40.4 Å². The first-order chi connectivity index (χ1) is 8.24. The second-order valence-corrected chi connectivity index (χ2v) is 4.95. The van der Waals surface area contributed by atoms with Crippen molar-refractivity contribution >= 4 is 33.4 Å². The second kappa shape index (κ2) is 8.48. The van der Waals surface area contributed by atoms with Gasteiger partial charge in [-0.05, 0) is 25.0 Å². The fraction of sp³-hybridized carbons (Fsp3) is 0.500. The number of carbonyl (C=O) groups is 1. The van der Waals surface area contributed by atoms with Crippen LogP contribution in [-0.4, -0.2) is 22.8 Å². The minimum absolute atomic E-state index is 0.137. The molecule has 1 aromatic heterocycles. The number of hydrogen-bond donors (Lipinski definition) is 1. The average Bonchev–Trinajstić information content (AvgIpc) is 2.34. The molecule has 1 amide bonds. The Balaban J connectivity index is 2.19. The Labute approximate surface area is 115 Å². The molecule has 0 atom stereocenters. The van der Waals surface area contributed by atoms with Crippen LogP contribution >= 0.6 is 27.5 Å². The summed E-state index contributed by atoms with van der Waals surface area (Å²) in [5.41, 5.74) is 0.412. The van der Waals surface area contributed by atoms with Gasteiger partial charge < -0.3 is 5.32 Å². The summed E-state index contributed by atoms with van der Waals surface area (Å²) >= 11 is 9.08. The molecular formula is C12H16BrClN2O. The summed E-state index contributed by atoms with van der Waals surface area (Å²) in [6.45, 7) is 0.700. The summed E-state index contributed by atoms with van der Waals surface area (Å²) < 4.78 is 0. The van der Waals surface area contributed by atoms with Crippen LogP contribution in [0.5, 0.6) is 0 Å². The second-order valence-electron chi connectivity index (χ2n) is 3.72. The maximum Gasteiger partial charge on any atom is 0.269 e. The molecule has 0 saturated carbocycles. The topological polar surface area (TPSA) is 42.0 Å². The molecule has 0 radical (unpaired) electrons. The largest absolute Gasteiger partial charge is 0.351 e. The smallest absolute Gasteiger partial charge is 0.269 e. The van der Waals surface area contributed by atoms with Gasteiger partial charge in [0.25, 0.3) is 5.91 Å². The number of halogens is 2. The molecule has 0 unspecified atom stereocenters. The molecule has 1 aromatic rings. The molecule has 5 heteroatoms. The normalized spacial score (nSPS) is 10.2. The van der Waals surface area contributed by atoms with Crippen LogP contribution in [0.25, 0.3) is 0 Å². The van der Waals surface area contributed by atoms with Gasteiger partial charge in [-0.25, -0.2) is 4.98 Å². The maximum atomic E-state index is 11.6. The molecule has 1 N–H and O–H groups in total. The number of aromatic nitrogens is 1. The highest BCUT2D eigenvalue weighted by Crippen LogP contribution is 2.06. The molecule has 0 bridgehead atoms. The number of carbonyl (C=O) groups excluding carboxylic acids is 1. The lowest BCUT2D eigenvalue weighted by Gasteiger charge is -2.04. The number of unbranched alkanes of at least 4 members (excludes halogenated alkanes) is 3. The molecule has 17 heavy (non-hydrogen) atoms. The fourth-order valence-corrected chi connectivity index (χ4v) is 1.88. The Morgan fingerprint density at radius 3 is 2.71 bits per heavy atom. The Hall–Kier alpha value is -0.610. The molecule has 0 spiro atoms. The highest BCUT2D eigenvalue weighted by Gasteiger charge is 2.05. The minimum Gasteiger partial charge on any atom is -0.351 e. The SMILES string of the molecule is O=C(NCCCCCCBr)c1ccc(Cl)cn1. The maximum absolute atomic E-state index is 11.6. The minimum atomic E-state index is -0.137. The lowest BCUT2D eigenvalue weighted by molar-refractivity contribution is 0.0948. The van der Waals surface area contributed by atoms with Crippen LogP contribution in [0.2, 0.25) is 5.02 Å². The van der Waals surface area contributed by atoms with Crippen molar-refractivity contribution in [2.24, 2.45) is 0 Å². The van der Waals surface area contributed by atoms with Gasteiger partial charge in [0.2, 0.25) is 0 Å². The van der Waals surface area contributed by atoms with Gasteiger partial charge in [0.05, 0.1) is 5.02 Å². The van der Waals surface area contributed by atoms with Gasteiger partial charge >= 0.3 is 0 Å². The number of nitrogens with one attached hydrogen (secondary N) is 1. The van der Waals surface area contributed by atoms with Crippen molar-refractivity contribution in [3.8, 4) is 0 Å². The van der Waals surface area contributed by atoms with Gasteiger partial charge in [-0.3, -0.25) is 4.79 Å². The summed E-state index contributed by atoms with van der Waals surface area (Å²) in [4.78, 5) is 15.6. The number of hydrogen-bond acceptors (Lipinski definition) is 2. The third kappa shape index (κ3) is 6.03. The first-order valence-electron chi connectivity index (χ1n) is 5.70. The molecular weight excluding hydrogens is 304 g/mol. The zero-order valence-electron chi connectivity index (χ0n) is 9.59. The number of alkyl halides is 1. The molecule has 0 aliphatic rings. The molecule has 0 saturated heterocycles. The quantitative estimate of drug-likeness (QED) is 0.618. The first-order valence-corrected chi connectivity index (χ1v) is 7.19. The van der Waals surface area contributed by atoms with Crippen molar-refractivity contribution < 1.29 is 4.79 Å². The number of nitrogens with zero attached hydrogens (tertiary/aromatic N) is 1. The van der Waals surface area contributed by atoms with Gasteiger partial charge in [-0.2, -0.15) is 0 Å². The predicted molar refractivity (Wildman–Crippen MR) is 73.8 cm³/mol. The molecule has 0 fully saturated rings. The third-order valence-electron chi connectivity index (χ3n) is 2.31. The highest BCUT2D eigenvalue weighted by molar-refractivity contribution is 9.09. The lowest BCUT2D eigenvalue weighted by atomic mass is 10.2. The standard InChI is InChI=1S/C12H16BrClN2O/c13-7-3-1-2-4-8-15-12(17)11-6-5-10(14)9-16-11/h5-6,9H,1-4,7-8H2,(H,15,17). The van der Waals surface area contributed by atoms with Crippen LogP contribution in [0, 0.1) is 0 Å². The van der Waals surface area contributed by atoms with E-state index in [4.69, 9.17) is 11.6 Å². The van der Waals surface area contributed by atoms with Crippen LogP contribution in [0.15, 0.2) is 18.3 Å². The van der Waals surface area contributed by atoms with Crippen molar-refractivity contribution in [3.63, 3.8) is 0 Å². The van der Waals surface area contributed by atoms with Crippen molar-refractivity contribution in [1.82, 2.24) is 10.3 Å². The van der Waals surface area contributed by atoms with E-state index in [-0.39, 0.29) is 5.91 Å². The van der Waals surface area contributed by atoms with E-state index < -0.39 is 0 Å². The highest BCUT2D eigenvalue weighted by atomic mass is 79.9. The fourth-order valence-electron chi connectivity index (χ4n) is 1.38. The summed E-state index contributed by atoms with van der Waals surface area (Å²) in [5, 5.41) is 4.43. The van der Waals surface area contributed by atoms with Crippen molar-refractivity contribution in [1.29, 1.82) is 0 Å². The summed E-state index contributed by atoms with van der Waals surface area (Å²) in [6.07, 6.45) is 6.01. The van der Waals surface area contributed by atoms with Crippen molar-refractivity contribution in [3.05, 3.63) is 29.0 Å². The molecule has 1 heterocycles. The average molecular weight is 320 g/mol. The lowest BCUT2D eigenvalue weighted by Crippen LogP contribution is -2.25. The van der Waals surface area contributed by atoms with E-state index in [0.29, 0.717) is 17.3 Å². The van der Waals surface area contributed by atoms with E-state index in [1.807, 2.05) is 0 Å². The Kier molecular flexibility index (Phi) is 7.21. The Morgan fingerprint density at radius 2 is 2.06 bits per heavy atom. The molecule has 94 valence electrons. The van der Waals surface area contributed by atoms with Gasteiger partial charge in [0.15, 0.2) is 0 Å². The van der Waals surface area contributed by atoms with Crippen LogP contribution in [0.3, 0.4) is 0 Å². The third-order valence-corrected chi connectivity index (χ3v) is 3.09. The van der Waals surface area contributed by atoms with Gasteiger partial charge in [-0.15, -0.1) is 0 Å². The predicted octanol–water partition coefficient (Wildman–Crippen LogP) is 3.42. The van der Waals surface area contributed by atoms with Crippen LogP contribution in [-0.2, 0) is 0 Å². The monoisotopic (exact) mass is 318 g/mol. The van der Waals surface area contributed by atoms with Crippen LogP contribution in [0.1, 0.15) is 36.2 Å². The zero-order valence-corrected chi connectivity index (χ0v) is 11.9. The van der Waals surface area contributed by atoms with Crippen LogP contribution in [0.4, 0.5) is 0 Å². The molecule has 0 aliphatic heterocycles. The summed E-state index contributed by atoms with van der Waals surface area (Å²) in [7, 11) is 0. The first kappa shape index (κ1) is 14.5. The van der Waals surface area contributed by atoms with E-state index >= 15 is 0 Å². The summed E-state index contributed by atoms with van der Waals surface area (Å²) in [5.74, 6) is -0.137. The van der Waals surface area contributed by atoms with E-state index in [0.717, 1.165) is 18.2 Å². The Morgan fingerprint density at radius 1 is 1.29 bits per heavy atom. The van der Waals surface area contributed by atoms with Crippen molar-refractivity contribution in [2.75, 3.05) is 11.9 Å². The van der Waals surface area contributed by atoms with Gasteiger partial charge in [0, 0.05) is 18.1 Å². The molecule has 0 aliphatic carbocycles. The summed E-state index contributed by atoms with van der Waals surface area (Å²) in [6, 6.07) is 3.29. The van der Waals surface area contributed by atoms with E-state index in [1.165, 1.54) is 19.0 Å². The zero-order chi connectivity index (χ0) is 12.5. The Bertz CT molecular complexity index is 343. The van der Waals surface area contributed by atoms with Gasteiger partial charge in [0.1, 0.15) is 5.69 Å². The molecule has 1 rings (SSSR count). The van der Waals surface area contributed by atoms with Crippen LogP contribution < -0.4 is 5.32 Å². The van der Waals surface area contributed by atoms with E-state index in [2.05, 4.69) is 26.2 Å². The van der Waals surface area contributed by atoms with E-state index in [1.54, 1.807) is 12.1 Å². The number of amides is 1. The van der Waals surface area contributed by atoms with E-state index in [9.17, 15) is 4.79 Å². The van der Waals surface area contributed by atoms with Crippen molar-refractivity contribution in [2.45, 2.75) is 25.7 Å². The number of pyridine rings is 1. The molecule has 0 aromatic carbocycles. The molecule has 3 nitrogen and oxygen atoms in total. The number of rotatable bonds is 7.